The van der Waals surface area contributed by atoms with Crippen LogP contribution in [0.2, 0.25) is 0 Å². The summed E-state index contributed by atoms with van der Waals surface area (Å²) in [4.78, 5) is 28.9. The average molecular weight is 330 g/mol. The van der Waals surface area contributed by atoms with E-state index in [0.29, 0.717) is 6.54 Å². The maximum atomic E-state index is 13.1. The number of benzene rings is 1. The molecule has 1 aliphatic heterocycles. The summed E-state index contributed by atoms with van der Waals surface area (Å²) in [6.07, 6.45) is 5.57. The van der Waals surface area contributed by atoms with Crippen molar-refractivity contribution in [3.8, 4) is 5.75 Å². The first-order chi connectivity index (χ1) is 11.5. The number of carbonyl (C=O) groups is 2. The van der Waals surface area contributed by atoms with E-state index >= 15 is 0 Å². The Kier molecular flexibility index (Phi) is 4.52. The molecule has 3 rings (SSSR count). The van der Waals surface area contributed by atoms with Gasteiger partial charge in [-0.2, -0.15) is 0 Å². The van der Waals surface area contributed by atoms with Gasteiger partial charge in [0.15, 0.2) is 0 Å². The summed E-state index contributed by atoms with van der Waals surface area (Å²) in [5.74, 6) is 0.966. The highest BCUT2D eigenvalue weighted by Crippen LogP contribution is 2.41. The lowest BCUT2D eigenvalue weighted by Crippen LogP contribution is -2.51. The van der Waals surface area contributed by atoms with Crippen LogP contribution < -0.4 is 4.74 Å². The number of urea groups is 1. The molecule has 130 valence electrons. The van der Waals surface area contributed by atoms with E-state index in [4.69, 9.17) is 4.74 Å². The van der Waals surface area contributed by atoms with Gasteiger partial charge in [0, 0.05) is 7.05 Å². The highest BCUT2D eigenvalue weighted by Gasteiger charge is 2.56. The second-order valence-electron chi connectivity index (χ2n) is 7.06. The Balaban J connectivity index is 1.81. The van der Waals surface area contributed by atoms with Crippen molar-refractivity contribution in [1.29, 1.82) is 0 Å². The summed E-state index contributed by atoms with van der Waals surface area (Å²) in [7, 11) is 3.38. The van der Waals surface area contributed by atoms with E-state index in [1.54, 1.807) is 19.1 Å². The first-order valence-electron chi connectivity index (χ1n) is 8.71. The van der Waals surface area contributed by atoms with E-state index in [1.807, 2.05) is 31.2 Å². The molecule has 1 atom stereocenters. The number of hydrogen-bond acceptors (Lipinski definition) is 3. The first kappa shape index (κ1) is 16.8. The number of likely N-dealkylation sites (N-methyl/N-ethyl adjacent to an activating group) is 1. The third-order valence-electron chi connectivity index (χ3n) is 5.79. The van der Waals surface area contributed by atoms with Crippen molar-refractivity contribution >= 4 is 11.9 Å². The molecule has 5 heteroatoms. The van der Waals surface area contributed by atoms with Crippen LogP contribution >= 0.6 is 0 Å². The zero-order valence-electron chi connectivity index (χ0n) is 14.7. The van der Waals surface area contributed by atoms with Crippen LogP contribution in [0.5, 0.6) is 5.75 Å². The molecule has 0 bridgehead atoms. The van der Waals surface area contributed by atoms with Crippen LogP contribution in [0.15, 0.2) is 24.3 Å². The van der Waals surface area contributed by atoms with Gasteiger partial charge in [-0.1, -0.05) is 31.4 Å². The number of amides is 3. The molecule has 1 unspecified atom stereocenters. The Morgan fingerprint density at radius 1 is 1.12 bits per heavy atom. The van der Waals surface area contributed by atoms with Crippen LogP contribution in [-0.4, -0.2) is 41.4 Å². The molecule has 1 aromatic carbocycles. The van der Waals surface area contributed by atoms with E-state index in [1.165, 1.54) is 11.3 Å². The number of carbonyl (C=O) groups excluding carboxylic acids is 2. The van der Waals surface area contributed by atoms with Gasteiger partial charge in [0.05, 0.1) is 13.7 Å². The summed E-state index contributed by atoms with van der Waals surface area (Å²) >= 11 is 0. The van der Waals surface area contributed by atoms with Gasteiger partial charge in [-0.25, -0.2) is 4.79 Å². The van der Waals surface area contributed by atoms with Crippen molar-refractivity contribution < 1.29 is 14.3 Å². The lowest BCUT2D eigenvalue weighted by molar-refractivity contribution is -0.135. The minimum absolute atomic E-state index is 0.0577. The molecule has 24 heavy (non-hydrogen) atoms. The molecule has 1 aromatic rings. The molecule has 1 heterocycles. The second-order valence-corrected chi connectivity index (χ2v) is 7.06. The molecule has 3 amide bonds. The van der Waals surface area contributed by atoms with Crippen molar-refractivity contribution in [2.24, 2.45) is 5.92 Å². The number of imide groups is 1. The first-order valence-corrected chi connectivity index (χ1v) is 8.71. The molecular weight excluding hydrogens is 304 g/mol. The molecule has 1 aliphatic carbocycles. The zero-order valence-corrected chi connectivity index (χ0v) is 14.7. The van der Waals surface area contributed by atoms with E-state index in [-0.39, 0.29) is 17.9 Å². The smallest absolute Gasteiger partial charge is 0.327 e. The minimum atomic E-state index is -0.704. The number of methoxy groups -OCH3 is 1. The van der Waals surface area contributed by atoms with Crippen molar-refractivity contribution in [1.82, 2.24) is 9.80 Å². The maximum absolute atomic E-state index is 13.1. The maximum Gasteiger partial charge on any atom is 0.327 e. The number of hydrogen-bond donors (Lipinski definition) is 0. The molecule has 0 N–H and O–H groups in total. The summed E-state index contributed by atoms with van der Waals surface area (Å²) in [5.41, 5.74) is 0.225. The fourth-order valence-corrected chi connectivity index (χ4v) is 4.05. The Bertz CT molecular complexity index is 622. The lowest BCUT2D eigenvalue weighted by Gasteiger charge is -2.38. The molecule has 2 aliphatic rings. The standard InChI is InChI=1S/C19H26N2O3/c1-19(15-7-5-4-6-8-15)17(22)21(18(23)20(19)2)13-14-9-11-16(24-3)12-10-14/h9-12,15H,4-8,13H2,1-3H3. The van der Waals surface area contributed by atoms with Gasteiger partial charge < -0.3 is 9.64 Å². The zero-order chi connectivity index (χ0) is 17.3. The van der Waals surface area contributed by atoms with E-state index in [9.17, 15) is 9.59 Å². The quantitative estimate of drug-likeness (QED) is 0.795. The highest BCUT2D eigenvalue weighted by molar-refractivity contribution is 6.06. The van der Waals surface area contributed by atoms with Crippen LogP contribution in [-0.2, 0) is 11.3 Å². The van der Waals surface area contributed by atoms with Crippen LogP contribution in [0, 0.1) is 5.92 Å². The predicted molar refractivity (Wildman–Crippen MR) is 91.7 cm³/mol. The van der Waals surface area contributed by atoms with Crippen LogP contribution in [0.4, 0.5) is 4.79 Å². The molecule has 0 aromatic heterocycles. The van der Waals surface area contributed by atoms with E-state index < -0.39 is 5.54 Å². The van der Waals surface area contributed by atoms with Crippen molar-refractivity contribution in [2.45, 2.75) is 51.1 Å². The van der Waals surface area contributed by atoms with Gasteiger partial charge in [-0.05, 0) is 43.4 Å². The van der Waals surface area contributed by atoms with E-state index in [0.717, 1.165) is 37.0 Å². The number of nitrogens with zero attached hydrogens (tertiary/aromatic N) is 2. The SMILES string of the molecule is COc1ccc(CN2C(=O)N(C)C(C)(C3CCCCC3)C2=O)cc1. The normalized spacial score (nSPS) is 25.5. The predicted octanol–water partition coefficient (Wildman–Crippen LogP) is 3.43. The lowest BCUT2D eigenvalue weighted by atomic mass is 9.75. The van der Waals surface area contributed by atoms with Gasteiger partial charge in [0.25, 0.3) is 5.91 Å². The molecule has 5 nitrogen and oxygen atoms in total. The minimum Gasteiger partial charge on any atom is -0.497 e. The van der Waals surface area contributed by atoms with Gasteiger partial charge in [0.2, 0.25) is 0 Å². The van der Waals surface area contributed by atoms with E-state index in [2.05, 4.69) is 0 Å². The molecular formula is C19H26N2O3. The number of rotatable bonds is 4. The molecule has 0 radical (unpaired) electrons. The van der Waals surface area contributed by atoms with Gasteiger partial charge >= 0.3 is 6.03 Å². The highest BCUT2D eigenvalue weighted by atomic mass is 16.5. The van der Waals surface area contributed by atoms with Gasteiger partial charge in [-0.15, -0.1) is 0 Å². The van der Waals surface area contributed by atoms with Gasteiger partial charge in [0.1, 0.15) is 11.3 Å². The fraction of sp³-hybridized carbons (Fsp3) is 0.579. The topological polar surface area (TPSA) is 49.9 Å². The second kappa shape index (κ2) is 6.46. The Labute approximate surface area is 143 Å². The summed E-state index contributed by atoms with van der Waals surface area (Å²) in [5, 5.41) is 0. The van der Waals surface area contributed by atoms with Crippen molar-refractivity contribution in [2.75, 3.05) is 14.2 Å². The Hall–Kier alpha value is -2.04. The van der Waals surface area contributed by atoms with Gasteiger partial charge in [-0.3, -0.25) is 9.69 Å². The monoisotopic (exact) mass is 330 g/mol. The third-order valence-corrected chi connectivity index (χ3v) is 5.79. The van der Waals surface area contributed by atoms with Crippen LogP contribution in [0.1, 0.15) is 44.6 Å². The van der Waals surface area contributed by atoms with Crippen LogP contribution in [0.25, 0.3) is 0 Å². The molecule has 2 fully saturated rings. The van der Waals surface area contributed by atoms with Crippen LogP contribution in [0.3, 0.4) is 0 Å². The summed E-state index contributed by atoms with van der Waals surface area (Å²) in [6, 6.07) is 7.31. The molecule has 0 spiro atoms. The summed E-state index contributed by atoms with van der Waals surface area (Å²) in [6.45, 7) is 2.26. The molecule has 1 saturated carbocycles. The Morgan fingerprint density at radius 3 is 2.33 bits per heavy atom. The fourth-order valence-electron chi connectivity index (χ4n) is 4.05. The average Bonchev–Trinajstić information content (AvgIpc) is 2.79. The van der Waals surface area contributed by atoms with Crippen molar-refractivity contribution in [3.63, 3.8) is 0 Å². The Morgan fingerprint density at radius 2 is 1.75 bits per heavy atom. The summed E-state index contributed by atoms with van der Waals surface area (Å²) < 4.78 is 5.16. The largest absolute Gasteiger partial charge is 0.497 e. The third kappa shape index (κ3) is 2.66. The van der Waals surface area contributed by atoms with Crippen molar-refractivity contribution in [3.05, 3.63) is 29.8 Å². The molecule has 1 saturated heterocycles. The number of ether oxygens (including phenoxy) is 1.